The zero-order valence-corrected chi connectivity index (χ0v) is 15.8. The molecular weight excluding hydrogens is 383 g/mol. The fourth-order valence-electron chi connectivity index (χ4n) is 2.76. The molecule has 0 radical (unpaired) electrons. The highest BCUT2D eigenvalue weighted by Crippen LogP contribution is 2.38. The van der Waals surface area contributed by atoms with Crippen molar-refractivity contribution in [2.75, 3.05) is 20.2 Å². The van der Waals surface area contributed by atoms with Crippen molar-refractivity contribution in [2.45, 2.75) is 11.3 Å². The largest absolute Gasteiger partial charge is 0.494 e. The first-order valence-electron chi connectivity index (χ1n) is 7.63. The summed E-state index contributed by atoms with van der Waals surface area (Å²) in [5.74, 6) is 0.680. The summed E-state index contributed by atoms with van der Waals surface area (Å²) in [4.78, 5) is -0.00124. The number of sulfonamides is 1. The molecule has 0 unspecified atom stereocenters. The molecule has 0 atom stereocenters. The number of nitrogens with one attached hydrogen (secondary N) is 1. The fourth-order valence-corrected chi connectivity index (χ4v) is 4.85. The number of hydrogen-bond acceptors (Lipinski definition) is 4. The Balaban J connectivity index is 2.07. The van der Waals surface area contributed by atoms with Crippen molar-refractivity contribution in [3.8, 4) is 5.75 Å². The summed E-state index contributed by atoms with van der Waals surface area (Å²) in [7, 11) is -2.46. The van der Waals surface area contributed by atoms with Crippen molar-refractivity contribution in [3.05, 3.63) is 58.1 Å². The highest BCUT2D eigenvalue weighted by molar-refractivity contribution is 7.85. The van der Waals surface area contributed by atoms with Gasteiger partial charge in [-0.25, -0.2) is 0 Å². The monoisotopic (exact) mass is 399 g/mol. The Morgan fingerprint density at radius 2 is 1.88 bits per heavy atom. The first kappa shape index (κ1) is 18.0. The summed E-state index contributed by atoms with van der Waals surface area (Å²) in [6, 6.07) is 12.6. The molecule has 1 N–H and O–H groups in total. The van der Waals surface area contributed by atoms with Crippen LogP contribution in [0.4, 0.5) is 0 Å². The predicted molar refractivity (Wildman–Crippen MR) is 98.5 cm³/mol. The predicted octanol–water partition coefficient (Wildman–Crippen LogP) is 2.95. The van der Waals surface area contributed by atoms with Crippen LogP contribution in [0.3, 0.4) is 0 Å². The maximum absolute atomic E-state index is 13.2. The Labute approximate surface area is 156 Å². The quantitative estimate of drug-likeness (QED) is 0.785. The molecule has 2 aromatic rings. The number of halogens is 2. The van der Waals surface area contributed by atoms with Crippen molar-refractivity contribution >= 4 is 39.1 Å². The van der Waals surface area contributed by atoms with Crippen molar-refractivity contribution in [2.24, 2.45) is 0 Å². The van der Waals surface area contributed by atoms with Crippen molar-refractivity contribution in [3.63, 3.8) is 0 Å². The van der Waals surface area contributed by atoms with Gasteiger partial charge in [0.2, 0.25) is 0 Å². The third-order valence-corrected chi connectivity index (χ3v) is 6.59. The molecule has 5 nitrogen and oxygen atoms in total. The number of methoxy groups -OCH3 is 1. The van der Waals surface area contributed by atoms with Crippen LogP contribution in [0.1, 0.15) is 5.56 Å². The van der Waals surface area contributed by atoms with Gasteiger partial charge in [0.1, 0.15) is 18.1 Å². The van der Waals surface area contributed by atoms with E-state index >= 15 is 0 Å². The molecule has 8 heteroatoms. The minimum atomic E-state index is -3.82. The molecular formula is C17H17Cl2N2O3S+. The molecule has 25 heavy (non-hydrogen) atoms. The van der Waals surface area contributed by atoms with E-state index in [1.54, 1.807) is 0 Å². The summed E-state index contributed by atoms with van der Waals surface area (Å²) >= 11 is 12.1. The summed E-state index contributed by atoms with van der Waals surface area (Å²) < 4.78 is 32.9. The zero-order chi connectivity index (χ0) is 18.0. The molecule has 0 amide bonds. The van der Waals surface area contributed by atoms with E-state index in [4.69, 9.17) is 27.9 Å². The minimum Gasteiger partial charge on any atom is -0.494 e. The van der Waals surface area contributed by atoms with Gasteiger partial charge in [0.05, 0.1) is 18.6 Å². The Hall–Kier alpha value is -1.76. The van der Waals surface area contributed by atoms with E-state index in [-0.39, 0.29) is 20.7 Å². The van der Waals surface area contributed by atoms with E-state index in [1.807, 2.05) is 30.3 Å². The van der Waals surface area contributed by atoms with Crippen LogP contribution in [0.15, 0.2) is 47.4 Å². The van der Waals surface area contributed by atoms with Gasteiger partial charge in [-0.3, -0.25) is 5.32 Å². The third-order valence-electron chi connectivity index (χ3n) is 3.95. The maximum Gasteiger partial charge on any atom is 0.334 e. The molecule has 3 rings (SSSR count). The van der Waals surface area contributed by atoms with E-state index in [9.17, 15) is 8.42 Å². The van der Waals surface area contributed by atoms with Gasteiger partial charge in [0.25, 0.3) is 5.84 Å². The van der Waals surface area contributed by atoms with Crippen LogP contribution in [-0.2, 0) is 16.4 Å². The second kappa shape index (κ2) is 7.23. The topological polar surface area (TPSA) is 58.4 Å². The third kappa shape index (κ3) is 3.47. The molecule has 1 heterocycles. The first-order valence-corrected chi connectivity index (χ1v) is 9.83. The van der Waals surface area contributed by atoms with Crippen molar-refractivity contribution in [1.29, 1.82) is 0 Å². The summed E-state index contributed by atoms with van der Waals surface area (Å²) in [6.07, 6.45) is 0.490. The van der Waals surface area contributed by atoms with Crippen LogP contribution in [0, 0.1) is 0 Å². The molecule has 0 bridgehead atoms. The number of nitrogens with zero attached hydrogens (tertiary/aromatic N) is 1. The Morgan fingerprint density at radius 3 is 2.56 bits per heavy atom. The van der Waals surface area contributed by atoms with Gasteiger partial charge in [-0.15, -0.1) is 3.98 Å². The molecule has 2 aromatic carbocycles. The standard InChI is InChI=1S/C17H16Cl2N2O3S/c1-24-17-14(8-7-13(18)16(17)19)25(22,23)21-10-9-20-15(21)11-12-5-3-2-4-6-12/h2-8H,9-11H2,1H3/p+1. The highest BCUT2D eigenvalue weighted by atomic mass is 35.5. The molecule has 1 aliphatic heterocycles. The molecule has 0 saturated heterocycles. The summed E-state index contributed by atoms with van der Waals surface area (Å²) in [5.41, 5.74) is 1.02. The van der Waals surface area contributed by atoms with Gasteiger partial charge < -0.3 is 4.74 Å². The smallest absolute Gasteiger partial charge is 0.334 e. The van der Waals surface area contributed by atoms with Gasteiger partial charge in [-0.1, -0.05) is 53.5 Å². The van der Waals surface area contributed by atoms with Gasteiger partial charge in [0, 0.05) is 0 Å². The Kier molecular flexibility index (Phi) is 5.22. The molecule has 0 saturated carbocycles. The fraction of sp³-hybridized carbons (Fsp3) is 0.235. The van der Waals surface area contributed by atoms with Crippen LogP contribution in [0.5, 0.6) is 5.75 Å². The number of hydrogen-bond donors (Lipinski definition) is 1. The lowest BCUT2D eigenvalue weighted by atomic mass is 10.1. The average molecular weight is 400 g/mol. The molecule has 1 aliphatic rings. The number of amidine groups is 1. The molecule has 0 spiro atoms. The number of ether oxygens (including phenoxy) is 1. The van der Waals surface area contributed by atoms with Crippen LogP contribution in [0.2, 0.25) is 10.0 Å². The van der Waals surface area contributed by atoms with Gasteiger partial charge in [0.15, 0.2) is 10.6 Å². The molecule has 0 aromatic heterocycles. The minimum absolute atomic E-state index is 0.00124. The van der Waals surface area contributed by atoms with Gasteiger partial charge in [-0.05, 0) is 17.7 Å². The summed E-state index contributed by atoms with van der Waals surface area (Å²) in [6.45, 7) is 0.888. The SMILES string of the molecule is COc1c(S(=O)(=O)[N+]2=C(Cc3ccccc3)NCC2)ccc(Cl)c1Cl. The second-order valence-corrected chi connectivity index (χ2v) is 8.12. The second-order valence-electron chi connectivity index (χ2n) is 5.51. The highest BCUT2D eigenvalue weighted by Gasteiger charge is 2.35. The Bertz CT molecular complexity index is 928. The zero-order valence-electron chi connectivity index (χ0n) is 13.5. The van der Waals surface area contributed by atoms with E-state index in [0.29, 0.717) is 25.3 Å². The van der Waals surface area contributed by atoms with Crippen LogP contribution < -0.4 is 10.1 Å². The van der Waals surface area contributed by atoms with Crippen LogP contribution >= 0.6 is 23.2 Å². The van der Waals surface area contributed by atoms with E-state index in [2.05, 4.69) is 5.32 Å². The van der Waals surface area contributed by atoms with E-state index in [0.717, 1.165) is 5.56 Å². The molecule has 0 fully saturated rings. The summed E-state index contributed by atoms with van der Waals surface area (Å²) in [5, 5.41) is 3.48. The van der Waals surface area contributed by atoms with Crippen LogP contribution in [0.25, 0.3) is 0 Å². The molecule has 132 valence electrons. The van der Waals surface area contributed by atoms with E-state index in [1.165, 1.54) is 23.2 Å². The molecule has 0 aliphatic carbocycles. The maximum atomic E-state index is 13.2. The van der Waals surface area contributed by atoms with Crippen LogP contribution in [-0.4, -0.2) is 38.4 Å². The first-order chi connectivity index (χ1) is 11.9. The average Bonchev–Trinajstić information content (AvgIpc) is 3.07. The van der Waals surface area contributed by atoms with Crippen molar-refractivity contribution < 1.29 is 17.1 Å². The van der Waals surface area contributed by atoms with Gasteiger partial charge >= 0.3 is 10.0 Å². The normalized spacial score (nSPS) is 14.5. The number of rotatable bonds is 5. The lowest BCUT2D eigenvalue weighted by Gasteiger charge is -2.12. The van der Waals surface area contributed by atoms with Crippen molar-refractivity contribution in [1.82, 2.24) is 5.32 Å². The van der Waals surface area contributed by atoms with Gasteiger partial charge in [-0.2, -0.15) is 8.42 Å². The van der Waals surface area contributed by atoms with E-state index < -0.39 is 10.0 Å². The lowest BCUT2D eigenvalue weighted by Crippen LogP contribution is -2.29. The lowest BCUT2D eigenvalue weighted by molar-refractivity contribution is -0.354. The number of benzene rings is 2. The Morgan fingerprint density at radius 1 is 1.16 bits per heavy atom.